The van der Waals surface area contributed by atoms with E-state index in [2.05, 4.69) is 16.0 Å². The molecule has 2 aliphatic heterocycles. The number of nitrogens with one attached hydrogen (secondary N) is 1. The number of aromatic nitrogens is 2. The van der Waals surface area contributed by atoms with Crippen LogP contribution >= 0.6 is 0 Å². The summed E-state index contributed by atoms with van der Waals surface area (Å²) < 4.78 is 41.2. The highest BCUT2D eigenvalue weighted by Gasteiger charge is 2.45. The first-order valence-corrected chi connectivity index (χ1v) is 9.69. The van der Waals surface area contributed by atoms with E-state index in [4.69, 9.17) is 0 Å². The molecule has 0 amide bonds. The van der Waals surface area contributed by atoms with Crippen molar-refractivity contribution in [2.24, 2.45) is 0 Å². The van der Waals surface area contributed by atoms with Gasteiger partial charge in [0.05, 0.1) is 12.2 Å². The molecule has 1 unspecified atom stereocenters. The normalized spacial score (nSPS) is 21.1. The van der Waals surface area contributed by atoms with Crippen LogP contribution in [0, 0.1) is 5.82 Å². The first-order valence-electron chi connectivity index (χ1n) is 9.69. The number of hydrogen-bond donors (Lipinski definition) is 1. The topological polar surface area (TPSA) is 31.9 Å². The van der Waals surface area contributed by atoms with Crippen LogP contribution in [0.3, 0.4) is 0 Å². The molecule has 2 aromatic heterocycles. The fraction of sp³-hybridized carbons (Fsp3) is 0.261. The number of fused-ring (bicyclic) bond motifs is 1. The molecule has 2 aliphatic rings. The molecule has 0 radical (unpaired) electrons. The highest BCUT2D eigenvalue weighted by atomic mass is 19.3. The molecular weight excluding hydrogens is 375 g/mol. The zero-order chi connectivity index (χ0) is 20.0. The summed E-state index contributed by atoms with van der Waals surface area (Å²) in [5, 5.41) is 0. The van der Waals surface area contributed by atoms with E-state index in [1.54, 1.807) is 24.5 Å². The van der Waals surface area contributed by atoms with E-state index in [0.29, 0.717) is 13.0 Å². The quantitative estimate of drug-likeness (QED) is 0.646. The molecule has 1 fully saturated rings. The molecular formula is C23H20F3N3. The number of benzene rings is 1. The number of H-pyrrole nitrogens is 1. The Morgan fingerprint density at radius 3 is 2.55 bits per heavy atom. The van der Waals surface area contributed by atoms with Gasteiger partial charge >= 0.3 is 0 Å². The number of alkyl halides is 2. The summed E-state index contributed by atoms with van der Waals surface area (Å²) >= 11 is 0. The number of aromatic amines is 1. The molecule has 4 heterocycles. The van der Waals surface area contributed by atoms with Gasteiger partial charge in [-0.1, -0.05) is 6.08 Å². The maximum Gasteiger partial charge on any atom is 0.262 e. The minimum absolute atomic E-state index is 0.0931. The lowest BCUT2D eigenvalue weighted by atomic mass is 9.89. The van der Waals surface area contributed by atoms with Crippen LogP contribution in [0.4, 0.5) is 13.2 Å². The zero-order valence-corrected chi connectivity index (χ0v) is 15.7. The molecule has 0 saturated carbocycles. The van der Waals surface area contributed by atoms with Gasteiger partial charge in [-0.15, -0.1) is 0 Å². The Morgan fingerprint density at radius 2 is 1.79 bits per heavy atom. The van der Waals surface area contributed by atoms with E-state index in [-0.39, 0.29) is 24.8 Å². The van der Waals surface area contributed by atoms with Gasteiger partial charge in [0.1, 0.15) is 5.82 Å². The van der Waals surface area contributed by atoms with Crippen molar-refractivity contribution in [2.75, 3.05) is 13.1 Å². The van der Waals surface area contributed by atoms with E-state index in [9.17, 15) is 13.2 Å². The van der Waals surface area contributed by atoms with E-state index in [0.717, 1.165) is 33.5 Å². The largest absolute Gasteiger partial charge is 0.360 e. The molecule has 5 rings (SSSR count). The van der Waals surface area contributed by atoms with Crippen molar-refractivity contribution in [3.63, 3.8) is 0 Å². The molecule has 1 aromatic carbocycles. The van der Waals surface area contributed by atoms with Crippen molar-refractivity contribution >= 4 is 5.57 Å². The zero-order valence-electron chi connectivity index (χ0n) is 15.7. The van der Waals surface area contributed by atoms with Gasteiger partial charge in [-0.05, 0) is 59.5 Å². The standard InChI is InChI=1S/C23H20F3N3/c24-18-3-1-16(2-4-18)22-21(15-5-8-27-9-6-15)20(13-28-22)17-7-10-29-14-23(25,26)12-19(29)11-17/h1-9,13,19,28H,10-12,14H2. The molecule has 1 N–H and O–H groups in total. The number of hydrogen-bond acceptors (Lipinski definition) is 2. The Morgan fingerprint density at radius 1 is 1.03 bits per heavy atom. The lowest BCUT2D eigenvalue weighted by molar-refractivity contribution is 0.0131. The van der Waals surface area contributed by atoms with Gasteiger partial charge in [0.25, 0.3) is 5.92 Å². The average Bonchev–Trinajstić information content (AvgIpc) is 3.28. The third-order valence-corrected chi connectivity index (χ3v) is 5.84. The molecule has 0 aliphatic carbocycles. The smallest absolute Gasteiger partial charge is 0.262 e. The Balaban J connectivity index is 1.58. The van der Waals surface area contributed by atoms with E-state index < -0.39 is 5.92 Å². The number of pyridine rings is 1. The summed E-state index contributed by atoms with van der Waals surface area (Å²) in [6.07, 6.45) is 7.95. The summed E-state index contributed by atoms with van der Waals surface area (Å²) in [7, 11) is 0. The van der Waals surface area contributed by atoms with Crippen LogP contribution in [0.15, 0.2) is 61.1 Å². The highest BCUT2D eigenvalue weighted by Crippen LogP contribution is 2.43. The summed E-state index contributed by atoms with van der Waals surface area (Å²) in [6, 6.07) is 10.1. The second-order valence-electron chi connectivity index (χ2n) is 7.77. The molecule has 3 nitrogen and oxygen atoms in total. The van der Waals surface area contributed by atoms with E-state index in [1.807, 2.05) is 23.2 Å². The monoisotopic (exact) mass is 395 g/mol. The van der Waals surface area contributed by atoms with Crippen LogP contribution < -0.4 is 0 Å². The van der Waals surface area contributed by atoms with Crippen molar-refractivity contribution in [3.05, 3.63) is 72.4 Å². The second kappa shape index (κ2) is 6.88. The molecule has 0 spiro atoms. The van der Waals surface area contributed by atoms with Gasteiger partial charge in [0.15, 0.2) is 0 Å². The second-order valence-corrected chi connectivity index (χ2v) is 7.77. The summed E-state index contributed by atoms with van der Waals surface area (Å²) in [5.41, 5.74) is 5.80. The van der Waals surface area contributed by atoms with Gasteiger partial charge in [-0.2, -0.15) is 0 Å². The molecule has 29 heavy (non-hydrogen) atoms. The van der Waals surface area contributed by atoms with Gasteiger partial charge in [0, 0.05) is 48.7 Å². The van der Waals surface area contributed by atoms with Gasteiger partial charge < -0.3 is 4.98 Å². The number of rotatable bonds is 3. The van der Waals surface area contributed by atoms with Crippen LogP contribution in [0.2, 0.25) is 0 Å². The SMILES string of the molecule is Fc1ccc(-c2[nH]cc(C3=CCN4CC(F)(F)CC4C3)c2-c2ccncc2)cc1. The predicted octanol–water partition coefficient (Wildman–Crippen LogP) is 5.38. The number of nitrogens with zero attached hydrogens (tertiary/aromatic N) is 2. The lowest BCUT2D eigenvalue weighted by Crippen LogP contribution is -2.33. The van der Waals surface area contributed by atoms with Crippen molar-refractivity contribution in [2.45, 2.75) is 24.8 Å². The lowest BCUT2D eigenvalue weighted by Gasteiger charge is -2.28. The minimum Gasteiger partial charge on any atom is -0.360 e. The summed E-state index contributed by atoms with van der Waals surface area (Å²) in [6.45, 7) is 0.370. The van der Waals surface area contributed by atoms with Gasteiger partial charge in [-0.25, -0.2) is 13.2 Å². The third-order valence-electron chi connectivity index (χ3n) is 5.84. The Bertz CT molecular complexity index is 1050. The van der Waals surface area contributed by atoms with Crippen LogP contribution in [-0.4, -0.2) is 39.9 Å². The van der Waals surface area contributed by atoms with E-state index in [1.165, 1.54) is 12.1 Å². The van der Waals surface area contributed by atoms with Crippen LogP contribution in [0.1, 0.15) is 18.4 Å². The van der Waals surface area contributed by atoms with Gasteiger partial charge in [-0.3, -0.25) is 9.88 Å². The Hall–Kier alpha value is -2.86. The predicted molar refractivity (Wildman–Crippen MR) is 107 cm³/mol. The van der Waals surface area contributed by atoms with Crippen molar-refractivity contribution in [1.29, 1.82) is 0 Å². The van der Waals surface area contributed by atoms with Crippen LogP contribution in [0.5, 0.6) is 0 Å². The first kappa shape index (κ1) is 18.2. The Kier molecular flexibility index (Phi) is 4.32. The van der Waals surface area contributed by atoms with Crippen molar-refractivity contribution in [3.8, 4) is 22.4 Å². The fourth-order valence-corrected chi connectivity index (χ4v) is 4.50. The Labute approximate surface area is 166 Å². The van der Waals surface area contributed by atoms with Crippen LogP contribution in [-0.2, 0) is 0 Å². The molecule has 148 valence electrons. The molecule has 1 atom stereocenters. The average molecular weight is 395 g/mol. The number of halogens is 3. The third kappa shape index (κ3) is 3.38. The maximum atomic E-state index is 13.9. The van der Waals surface area contributed by atoms with Crippen molar-refractivity contribution in [1.82, 2.24) is 14.9 Å². The molecule has 1 saturated heterocycles. The van der Waals surface area contributed by atoms with Crippen molar-refractivity contribution < 1.29 is 13.2 Å². The molecule has 3 aromatic rings. The van der Waals surface area contributed by atoms with Gasteiger partial charge in [0.2, 0.25) is 0 Å². The van der Waals surface area contributed by atoms with E-state index >= 15 is 0 Å². The molecule has 6 heteroatoms. The maximum absolute atomic E-state index is 13.9. The fourth-order valence-electron chi connectivity index (χ4n) is 4.50. The summed E-state index contributed by atoms with van der Waals surface area (Å²) in [4.78, 5) is 9.31. The highest BCUT2D eigenvalue weighted by molar-refractivity contribution is 5.91. The molecule has 0 bridgehead atoms. The minimum atomic E-state index is -2.61. The van der Waals surface area contributed by atoms with Crippen LogP contribution in [0.25, 0.3) is 28.0 Å². The first-order chi connectivity index (χ1) is 14.0. The summed E-state index contributed by atoms with van der Waals surface area (Å²) in [5.74, 6) is -2.90.